The number of carbonyl (C=O) groups is 1. The van der Waals surface area contributed by atoms with Crippen molar-refractivity contribution in [2.75, 3.05) is 25.4 Å². The van der Waals surface area contributed by atoms with E-state index >= 15 is 0 Å². The summed E-state index contributed by atoms with van der Waals surface area (Å²) in [4.78, 5) is 16.7. The largest absolute Gasteiger partial charge is 0.373 e. The van der Waals surface area contributed by atoms with Crippen LogP contribution in [0.1, 0.15) is 30.1 Å². The quantitative estimate of drug-likeness (QED) is 0.681. The Hall–Kier alpha value is -1.81. The van der Waals surface area contributed by atoms with Crippen molar-refractivity contribution < 1.29 is 17.9 Å². The van der Waals surface area contributed by atoms with Gasteiger partial charge in [0.25, 0.3) is 0 Å². The molecule has 3 rings (SSSR count). The van der Waals surface area contributed by atoms with Gasteiger partial charge in [-0.15, -0.1) is 11.3 Å². The van der Waals surface area contributed by atoms with Crippen LogP contribution in [-0.4, -0.2) is 61.2 Å². The molecule has 1 aliphatic heterocycles. The number of nitrogens with one attached hydrogen (secondary N) is 1. The van der Waals surface area contributed by atoms with Crippen LogP contribution in [0.25, 0.3) is 0 Å². The summed E-state index contributed by atoms with van der Waals surface area (Å²) in [5.41, 5.74) is 1.88. The summed E-state index contributed by atoms with van der Waals surface area (Å²) >= 11 is 1.53. The summed E-state index contributed by atoms with van der Waals surface area (Å²) in [5.74, 6) is -0.338. The molecule has 1 amide bonds. The predicted octanol–water partition coefficient (Wildman–Crippen LogP) is 1.83. The highest BCUT2D eigenvalue weighted by Crippen LogP contribution is 2.16. The molecule has 9 heteroatoms. The number of ether oxygens (including phenoxy) is 1. The van der Waals surface area contributed by atoms with Crippen molar-refractivity contribution in [1.29, 1.82) is 0 Å². The molecule has 2 unspecified atom stereocenters. The lowest BCUT2D eigenvalue weighted by Gasteiger charge is -2.34. The van der Waals surface area contributed by atoms with Gasteiger partial charge in [-0.25, -0.2) is 13.4 Å². The van der Waals surface area contributed by atoms with Crippen molar-refractivity contribution in [3.8, 4) is 0 Å². The van der Waals surface area contributed by atoms with Crippen LogP contribution >= 0.6 is 11.3 Å². The molecule has 7 nitrogen and oxygen atoms in total. The first kappa shape index (κ1) is 21.9. The van der Waals surface area contributed by atoms with E-state index in [1.54, 1.807) is 0 Å². The Bertz CT molecular complexity index is 905. The van der Waals surface area contributed by atoms with E-state index < -0.39 is 10.0 Å². The smallest absolute Gasteiger partial charge is 0.226 e. The molecule has 1 N–H and O–H groups in total. The molecular weight excluding hydrogens is 410 g/mol. The molecule has 0 radical (unpaired) electrons. The lowest BCUT2D eigenvalue weighted by molar-refractivity contribution is -0.120. The van der Waals surface area contributed by atoms with Gasteiger partial charge in [-0.3, -0.25) is 4.79 Å². The van der Waals surface area contributed by atoms with Crippen LogP contribution in [0.5, 0.6) is 0 Å². The van der Waals surface area contributed by atoms with Crippen LogP contribution < -0.4 is 5.32 Å². The minimum Gasteiger partial charge on any atom is -0.373 e. The molecule has 1 aliphatic rings. The topological polar surface area (TPSA) is 88.6 Å². The fourth-order valence-electron chi connectivity index (χ4n) is 3.32. The zero-order chi connectivity index (χ0) is 20.9. The Kier molecular flexibility index (Phi) is 7.39. The molecule has 1 fully saturated rings. The standard InChI is InChI=1S/C20H27N3O4S2/c1-15-12-23(13-16(2)27-15)29(25,26)9-8-21-19(24)11-18-14-28-20(22-18)10-17-6-4-3-5-7-17/h3-7,14-16H,8-13H2,1-2H3,(H,21,24). The summed E-state index contributed by atoms with van der Waals surface area (Å²) in [6.45, 7) is 4.51. The highest BCUT2D eigenvalue weighted by atomic mass is 32.2. The van der Waals surface area contributed by atoms with E-state index in [-0.39, 0.29) is 36.8 Å². The van der Waals surface area contributed by atoms with Gasteiger partial charge in [0.05, 0.1) is 35.1 Å². The Morgan fingerprint density at radius 1 is 1.24 bits per heavy atom. The number of rotatable bonds is 8. The van der Waals surface area contributed by atoms with Crippen molar-refractivity contribution in [2.24, 2.45) is 0 Å². The molecule has 0 spiro atoms. The number of hydrogen-bond donors (Lipinski definition) is 1. The number of aromatic nitrogens is 1. The molecule has 2 atom stereocenters. The Morgan fingerprint density at radius 2 is 1.93 bits per heavy atom. The number of morpholine rings is 1. The van der Waals surface area contributed by atoms with Gasteiger partial charge in [-0.1, -0.05) is 30.3 Å². The maximum Gasteiger partial charge on any atom is 0.226 e. The van der Waals surface area contributed by atoms with Crippen molar-refractivity contribution >= 4 is 27.3 Å². The highest BCUT2D eigenvalue weighted by molar-refractivity contribution is 7.89. The van der Waals surface area contributed by atoms with Crippen LogP contribution in [0.15, 0.2) is 35.7 Å². The first-order valence-corrected chi connectivity index (χ1v) is 12.2. The first-order valence-electron chi connectivity index (χ1n) is 9.69. The number of thiazole rings is 1. The summed E-state index contributed by atoms with van der Waals surface area (Å²) in [5, 5.41) is 5.53. The molecule has 2 aromatic rings. The van der Waals surface area contributed by atoms with E-state index in [9.17, 15) is 13.2 Å². The summed E-state index contributed by atoms with van der Waals surface area (Å²) in [7, 11) is -3.42. The molecule has 1 saturated heterocycles. The van der Waals surface area contributed by atoms with E-state index in [1.807, 2.05) is 49.6 Å². The summed E-state index contributed by atoms with van der Waals surface area (Å²) in [6.07, 6.45) is 0.634. The number of hydrogen-bond acceptors (Lipinski definition) is 6. The Labute approximate surface area is 176 Å². The lowest BCUT2D eigenvalue weighted by Crippen LogP contribution is -2.49. The molecular formula is C20H27N3O4S2. The van der Waals surface area contributed by atoms with Crippen molar-refractivity contribution in [3.63, 3.8) is 0 Å². The molecule has 158 valence electrons. The molecule has 0 bridgehead atoms. The van der Waals surface area contributed by atoms with Crippen LogP contribution in [0, 0.1) is 0 Å². The molecule has 0 saturated carbocycles. The van der Waals surface area contributed by atoms with Gasteiger partial charge < -0.3 is 10.1 Å². The fraction of sp³-hybridized carbons (Fsp3) is 0.500. The average molecular weight is 438 g/mol. The van der Waals surface area contributed by atoms with E-state index in [4.69, 9.17) is 4.74 Å². The van der Waals surface area contributed by atoms with Gasteiger partial charge in [0.15, 0.2) is 0 Å². The van der Waals surface area contributed by atoms with Crippen molar-refractivity contribution in [2.45, 2.75) is 38.9 Å². The zero-order valence-electron chi connectivity index (χ0n) is 16.7. The van der Waals surface area contributed by atoms with E-state index in [0.29, 0.717) is 18.8 Å². The second-order valence-electron chi connectivity index (χ2n) is 7.31. The van der Waals surface area contributed by atoms with Crippen molar-refractivity contribution in [3.05, 3.63) is 52.0 Å². The molecule has 29 heavy (non-hydrogen) atoms. The molecule has 0 aliphatic carbocycles. The van der Waals surface area contributed by atoms with Gasteiger partial charge in [-0.2, -0.15) is 4.31 Å². The third kappa shape index (κ3) is 6.60. The van der Waals surface area contributed by atoms with Gasteiger partial charge in [0.2, 0.25) is 15.9 Å². The van der Waals surface area contributed by atoms with Crippen LogP contribution in [0.4, 0.5) is 0 Å². The second kappa shape index (κ2) is 9.80. The minimum atomic E-state index is -3.42. The third-order valence-corrected chi connectivity index (χ3v) is 7.30. The first-order chi connectivity index (χ1) is 13.8. The van der Waals surface area contributed by atoms with Gasteiger partial charge in [0.1, 0.15) is 0 Å². The van der Waals surface area contributed by atoms with Gasteiger partial charge in [-0.05, 0) is 19.4 Å². The van der Waals surface area contributed by atoms with Gasteiger partial charge in [0, 0.05) is 31.4 Å². The fourth-order valence-corrected chi connectivity index (χ4v) is 5.64. The van der Waals surface area contributed by atoms with Crippen LogP contribution in [0.2, 0.25) is 0 Å². The molecule has 1 aromatic heterocycles. The number of nitrogens with zero attached hydrogens (tertiary/aromatic N) is 2. The zero-order valence-corrected chi connectivity index (χ0v) is 18.3. The monoisotopic (exact) mass is 437 g/mol. The van der Waals surface area contributed by atoms with Crippen molar-refractivity contribution in [1.82, 2.24) is 14.6 Å². The number of carbonyl (C=O) groups excluding carboxylic acids is 1. The molecule has 1 aromatic carbocycles. The Balaban J connectivity index is 1.44. The van der Waals surface area contributed by atoms with Gasteiger partial charge >= 0.3 is 0 Å². The maximum atomic E-state index is 12.5. The lowest BCUT2D eigenvalue weighted by atomic mass is 10.2. The normalized spacial score (nSPS) is 20.5. The SMILES string of the molecule is CC1CN(S(=O)(=O)CCNC(=O)Cc2csc(Cc3ccccc3)n2)CC(C)O1. The van der Waals surface area contributed by atoms with E-state index in [1.165, 1.54) is 21.2 Å². The Morgan fingerprint density at radius 3 is 2.62 bits per heavy atom. The number of sulfonamides is 1. The maximum absolute atomic E-state index is 12.5. The van der Waals surface area contributed by atoms with Crippen LogP contribution in [-0.2, 0) is 32.4 Å². The van der Waals surface area contributed by atoms with E-state index in [2.05, 4.69) is 10.3 Å². The number of amides is 1. The average Bonchev–Trinajstić information content (AvgIpc) is 3.08. The molecule has 2 heterocycles. The second-order valence-corrected chi connectivity index (χ2v) is 10.3. The number of benzene rings is 1. The summed E-state index contributed by atoms with van der Waals surface area (Å²) in [6, 6.07) is 10.0. The minimum absolute atomic E-state index is 0.0856. The third-order valence-electron chi connectivity index (χ3n) is 4.60. The summed E-state index contributed by atoms with van der Waals surface area (Å²) < 4.78 is 32.0. The van der Waals surface area contributed by atoms with Crippen LogP contribution in [0.3, 0.4) is 0 Å². The highest BCUT2D eigenvalue weighted by Gasteiger charge is 2.30. The predicted molar refractivity (Wildman–Crippen MR) is 113 cm³/mol. The van der Waals surface area contributed by atoms with E-state index in [0.717, 1.165) is 11.4 Å².